The molecule has 0 fully saturated rings. The molecule has 0 atom stereocenters. The molecular weight excluding hydrogens is 393 g/mol. The molecule has 1 aromatic carbocycles. The predicted octanol–water partition coefficient (Wildman–Crippen LogP) is 3.88. The van der Waals surface area contributed by atoms with E-state index in [4.69, 9.17) is 0 Å². The lowest BCUT2D eigenvalue weighted by atomic mass is 10.3. The zero-order valence-electron chi connectivity index (χ0n) is 9.45. The summed E-state index contributed by atoms with van der Waals surface area (Å²) in [5, 5.41) is 7.64. The monoisotopic (exact) mass is 405 g/mol. The quantitative estimate of drug-likeness (QED) is 0.782. The first-order valence-corrected chi connectivity index (χ1v) is 7.26. The van der Waals surface area contributed by atoms with Crippen molar-refractivity contribution in [2.45, 2.75) is 20.0 Å². The number of rotatable bonds is 4. The third-order valence-corrected chi connectivity index (χ3v) is 3.75. The minimum atomic E-state index is 0.791. The van der Waals surface area contributed by atoms with Crippen molar-refractivity contribution in [3.63, 3.8) is 0 Å². The second kappa shape index (κ2) is 5.86. The molecule has 0 radical (unpaired) electrons. The van der Waals surface area contributed by atoms with Crippen molar-refractivity contribution >= 4 is 44.2 Å². The van der Waals surface area contributed by atoms with Crippen LogP contribution in [0, 0.1) is 3.57 Å². The van der Waals surface area contributed by atoms with Crippen molar-refractivity contribution in [3.05, 3.63) is 44.2 Å². The van der Waals surface area contributed by atoms with Crippen LogP contribution in [0.3, 0.4) is 0 Å². The Morgan fingerprint density at radius 3 is 2.94 bits per heavy atom. The van der Waals surface area contributed by atoms with E-state index in [0.717, 1.165) is 23.2 Å². The number of aromatic nitrogens is 2. The average molecular weight is 406 g/mol. The maximum absolute atomic E-state index is 4.25. The molecule has 90 valence electrons. The minimum absolute atomic E-state index is 0.791. The molecular formula is C12H13BrIN3. The second-order valence-electron chi connectivity index (χ2n) is 3.68. The largest absolute Gasteiger partial charge is 0.380 e. The number of hydrogen-bond donors (Lipinski definition) is 1. The topological polar surface area (TPSA) is 29.9 Å². The first-order chi connectivity index (χ1) is 8.19. The number of benzene rings is 1. The number of hydrogen-bond acceptors (Lipinski definition) is 2. The molecule has 1 heterocycles. The van der Waals surface area contributed by atoms with Crippen LogP contribution in [0.25, 0.3) is 0 Å². The minimum Gasteiger partial charge on any atom is -0.380 e. The van der Waals surface area contributed by atoms with E-state index in [-0.39, 0.29) is 0 Å². The van der Waals surface area contributed by atoms with E-state index in [0.29, 0.717) is 0 Å². The SMILES string of the molecule is CCn1cc(CNc2ccc(I)cc2Br)cn1. The molecule has 17 heavy (non-hydrogen) atoms. The highest BCUT2D eigenvalue weighted by atomic mass is 127. The summed E-state index contributed by atoms with van der Waals surface area (Å²) in [6.07, 6.45) is 3.96. The Morgan fingerprint density at radius 1 is 1.47 bits per heavy atom. The molecule has 0 aliphatic carbocycles. The highest BCUT2D eigenvalue weighted by Gasteiger charge is 2.01. The third-order valence-electron chi connectivity index (χ3n) is 2.42. The van der Waals surface area contributed by atoms with Crippen LogP contribution in [0.5, 0.6) is 0 Å². The number of aryl methyl sites for hydroxylation is 1. The highest BCUT2D eigenvalue weighted by molar-refractivity contribution is 14.1. The summed E-state index contributed by atoms with van der Waals surface area (Å²) in [7, 11) is 0. The van der Waals surface area contributed by atoms with Crippen LogP contribution in [0.2, 0.25) is 0 Å². The fraction of sp³-hybridized carbons (Fsp3) is 0.250. The van der Waals surface area contributed by atoms with Crippen molar-refractivity contribution < 1.29 is 0 Å². The third kappa shape index (κ3) is 3.45. The van der Waals surface area contributed by atoms with E-state index in [1.54, 1.807) is 0 Å². The number of anilines is 1. The number of nitrogens with one attached hydrogen (secondary N) is 1. The zero-order valence-corrected chi connectivity index (χ0v) is 13.2. The summed E-state index contributed by atoms with van der Waals surface area (Å²) in [5.74, 6) is 0. The van der Waals surface area contributed by atoms with Gasteiger partial charge in [0.05, 0.1) is 6.20 Å². The molecule has 0 aliphatic rings. The summed E-state index contributed by atoms with van der Waals surface area (Å²) >= 11 is 5.85. The molecule has 0 amide bonds. The van der Waals surface area contributed by atoms with Gasteiger partial charge in [0.1, 0.15) is 0 Å². The molecule has 1 aromatic heterocycles. The van der Waals surface area contributed by atoms with Gasteiger partial charge in [-0.05, 0) is 63.6 Å². The summed E-state index contributed by atoms with van der Waals surface area (Å²) in [6, 6.07) is 6.26. The van der Waals surface area contributed by atoms with Gasteiger partial charge < -0.3 is 5.32 Å². The molecule has 0 aliphatic heterocycles. The van der Waals surface area contributed by atoms with E-state index in [2.05, 4.69) is 80.3 Å². The van der Waals surface area contributed by atoms with Crippen molar-refractivity contribution in [1.29, 1.82) is 0 Å². The van der Waals surface area contributed by atoms with Crippen LogP contribution in [0.1, 0.15) is 12.5 Å². The Bertz CT molecular complexity index is 510. The van der Waals surface area contributed by atoms with Crippen LogP contribution >= 0.6 is 38.5 Å². The van der Waals surface area contributed by atoms with E-state index in [9.17, 15) is 0 Å². The molecule has 3 nitrogen and oxygen atoms in total. The summed E-state index contributed by atoms with van der Waals surface area (Å²) < 4.78 is 4.24. The molecule has 0 bridgehead atoms. The fourth-order valence-electron chi connectivity index (χ4n) is 1.50. The molecule has 0 saturated carbocycles. The van der Waals surface area contributed by atoms with Gasteiger partial charge >= 0.3 is 0 Å². The maximum atomic E-state index is 4.25. The first kappa shape index (κ1) is 12.9. The van der Waals surface area contributed by atoms with Crippen LogP contribution in [-0.2, 0) is 13.1 Å². The van der Waals surface area contributed by atoms with Gasteiger partial charge in [-0.15, -0.1) is 0 Å². The standard InChI is InChI=1S/C12H13BrIN3/c1-2-17-8-9(7-16-17)6-15-12-4-3-10(14)5-11(12)13/h3-5,7-8,15H,2,6H2,1H3. The Hall–Kier alpha value is -0.560. The normalized spacial score (nSPS) is 10.5. The summed E-state index contributed by atoms with van der Waals surface area (Å²) in [6.45, 7) is 3.78. The molecule has 0 unspecified atom stereocenters. The molecule has 1 N–H and O–H groups in total. The fourth-order valence-corrected chi connectivity index (χ4v) is 2.94. The lowest BCUT2D eigenvalue weighted by Gasteiger charge is -2.07. The summed E-state index contributed by atoms with van der Waals surface area (Å²) in [5.41, 5.74) is 2.30. The smallest absolute Gasteiger partial charge is 0.0539 e. The molecule has 5 heteroatoms. The van der Waals surface area contributed by atoms with E-state index < -0.39 is 0 Å². The van der Waals surface area contributed by atoms with Gasteiger partial charge in [-0.2, -0.15) is 5.10 Å². The van der Waals surface area contributed by atoms with Crippen molar-refractivity contribution in [1.82, 2.24) is 9.78 Å². The van der Waals surface area contributed by atoms with Gasteiger partial charge in [0.25, 0.3) is 0 Å². The van der Waals surface area contributed by atoms with E-state index in [1.165, 1.54) is 9.13 Å². The predicted molar refractivity (Wildman–Crippen MR) is 82.1 cm³/mol. The highest BCUT2D eigenvalue weighted by Crippen LogP contribution is 2.24. The Balaban J connectivity index is 2.02. The van der Waals surface area contributed by atoms with Gasteiger partial charge in [0.15, 0.2) is 0 Å². The van der Waals surface area contributed by atoms with Gasteiger partial charge in [-0.3, -0.25) is 4.68 Å². The lowest BCUT2D eigenvalue weighted by Crippen LogP contribution is -1.99. The van der Waals surface area contributed by atoms with E-state index >= 15 is 0 Å². The van der Waals surface area contributed by atoms with Crippen molar-refractivity contribution in [2.75, 3.05) is 5.32 Å². The number of nitrogens with zero attached hydrogens (tertiary/aromatic N) is 2. The molecule has 0 saturated heterocycles. The Morgan fingerprint density at radius 2 is 2.29 bits per heavy atom. The molecule has 2 aromatic rings. The van der Waals surface area contributed by atoms with Crippen LogP contribution in [0.4, 0.5) is 5.69 Å². The number of halogens is 2. The van der Waals surface area contributed by atoms with Gasteiger partial charge in [-0.1, -0.05) is 0 Å². The second-order valence-corrected chi connectivity index (χ2v) is 5.78. The van der Waals surface area contributed by atoms with Crippen molar-refractivity contribution in [2.24, 2.45) is 0 Å². The van der Waals surface area contributed by atoms with Crippen molar-refractivity contribution in [3.8, 4) is 0 Å². The van der Waals surface area contributed by atoms with Gasteiger partial charge in [0.2, 0.25) is 0 Å². The Kier molecular flexibility index (Phi) is 4.44. The Labute approximate surface area is 123 Å². The zero-order chi connectivity index (χ0) is 12.3. The van der Waals surface area contributed by atoms with Gasteiger partial charge in [0, 0.05) is 38.6 Å². The molecule has 2 rings (SSSR count). The van der Waals surface area contributed by atoms with Crippen LogP contribution < -0.4 is 5.32 Å². The molecule has 0 spiro atoms. The lowest BCUT2D eigenvalue weighted by molar-refractivity contribution is 0.659. The maximum Gasteiger partial charge on any atom is 0.0539 e. The first-order valence-electron chi connectivity index (χ1n) is 5.39. The van der Waals surface area contributed by atoms with Gasteiger partial charge in [-0.25, -0.2) is 0 Å². The van der Waals surface area contributed by atoms with Crippen LogP contribution in [-0.4, -0.2) is 9.78 Å². The van der Waals surface area contributed by atoms with E-state index in [1.807, 2.05) is 10.9 Å². The average Bonchev–Trinajstić information content (AvgIpc) is 2.76. The van der Waals surface area contributed by atoms with Crippen LogP contribution in [0.15, 0.2) is 35.1 Å². The summed E-state index contributed by atoms with van der Waals surface area (Å²) in [4.78, 5) is 0.